The normalized spacial score (nSPS) is 47.0. The fraction of sp³-hybridized carbons (Fsp3) is 0.963. The summed E-state index contributed by atoms with van der Waals surface area (Å²) in [7, 11) is 0. The predicted octanol–water partition coefficient (Wildman–Crippen LogP) is 7.94. The van der Waals surface area contributed by atoms with Gasteiger partial charge in [0.25, 0.3) is 0 Å². The Morgan fingerprint density at radius 1 is 0.931 bits per heavy atom. The molecule has 166 valence electrons. The third-order valence-electron chi connectivity index (χ3n) is 10.8. The van der Waals surface area contributed by atoms with Gasteiger partial charge in [0.1, 0.15) is 0 Å². The molecule has 4 rings (SSSR count). The fourth-order valence-corrected chi connectivity index (χ4v) is 9.18. The second-order valence-corrected chi connectivity index (χ2v) is 12.6. The molecule has 0 aromatic heterocycles. The van der Waals surface area contributed by atoms with Gasteiger partial charge in [-0.2, -0.15) is 0 Å². The van der Waals surface area contributed by atoms with Gasteiger partial charge >= 0.3 is 0 Å². The van der Waals surface area contributed by atoms with Gasteiger partial charge in [-0.3, -0.25) is 0 Å². The van der Waals surface area contributed by atoms with E-state index in [0.29, 0.717) is 10.8 Å². The summed E-state index contributed by atoms with van der Waals surface area (Å²) in [6.45, 7) is 12.6. The van der Waals surface area contributed by atoms with Crippen LogP contribution in [0.1, 0.15) is 112 Å². The molecule has 0 amide bonds. The summed E-state index contributed by atoms with van der Waals surface area (Å²) in [5.74, 6) is 6.36. The third-order valence-corrected chi connectivity index (χ3v) is 10.8. The van der Waals surface area contributed by atoms with Crippen molar-refractivity contribution < 1.29 is 5.21 Å². The fourth-order valence-electron chi connectivity index (χ4n) is 9.18. The van der Waals surface area contributed by atoms with E-state index in [1.165, 1.54) is 64.2 Å². The monoisotopic (exact) mass is 401 g/mol. The lowest BCUT2D eigenvalue weighted by molar-refractivity contribution is -0.105. The second-order valence-electron chi connectivity index (χ2n) is 12.6. The first kappa shape index (κ1) is 21.7. The smallest absolute Gasteiger partial charge is 0.0574 e. The number of nitrogens with zero attached hydrogens (tertiary/aromatic N) is 1. The topological polar surface area (TPSA) is 32.6 Å². The lowest BCUT2D eigenvalue weighted by atomic mass is 9.44. The van der Waals surface area contributed by atoms with Crippen molar-refractivity contribution in [1.29, 1.82) is 0 Å². The molecule has 0 aromatic carbocycles. The van der Waals surface area contributed by atoms with Gasteiger partial charge in [-0.15, -0.1) is 0 Å². The first-order valence-corrected chi connectivity index (χ1v) is 13.0. The molecule has 0 heterocycles. The summed E-state index contributed by atoms with van der Waals surface area (Å²) in [6.07, 6.45) is 16.4. The van der Waals surface area contributed by atoms with Crippen LogP contribution in [0.4, 0.5) is 0 Å². The summed E-state index contributed by atoms with van der Waals surface area (Å²) in [5, 5.41) is 12.9. The zero-order chi connectivity index (χ0) is 20.8. The Labute approximate surface area is 180 Å². The molecule has 0 saturated heterocycles. The maximum Gasteiger partial charge on any atom is 0.0574 e. The SMILES string of the molecule is CC(C)CCC[C@@H](C)[C@H]1CC[C@H]2[C@@H]3CCC4C/C(=N\O)CC[C@]4(C)[C@H]3CC[C@]12C. The number of oxime groups is 1. The highest BCUT2D eigenvalue weighted by atomic mass is 16.4. The van der Waals surface area contributed by atoms with E-state index in [1.54, 1.807) is 0 Å². The predicted molar refractivity (Wildman–Crippen MR) is 122 cm³/mol. The Kier molecular flexibility index (Phi) is 6.13. The van der Waals surface area contributed by atoms with Gasteiger partial charge in [0.2, 0.25) is 0 Å². The quantitative estimate of drug-likeness (QED) is 0.368. The van der Waals surface area contributed by atoms with Gasteiger partial charge in [0, 0.05) is 0 Å². The van der Waals surface area contributed by atoms with Crippen LogP contribution in [0.5, 0.6) is 0 Å². The van der Waals surface area contributed by atoms with Crippen molar-refractivity contribution in [3.63, 3.8) is 0 Å². The molecule has 0 aromatic rings. The van der Waals surface area contributed by atoms with Crippen molar-refractivity contribution in [3.05, 3.63) is 0 Å². The minimum atomic E-state index is 0.499. The summed E-state index contributed by atoms with van der Waals surface area (Å²) in [6, 6.07) is 0. The van der Waals surface area contributed by atoms with Crippen LogP contribution in [-0.4, -0.2) is 10.9 Å². The van der Waals surface area contributed by atoms with Crippen LogP contribution in [0.3, 0.4) is 0 Å². The molecule has 0 spiro atoms. The second kappa shape index (κ2) is 8.19. The summed E-state index contributed by atoms with van der Waals surface area (Å²) in [5.41, 5.74) is 2.18. The average molecular weight is 402 g/mol. The first-order valence-electron chi connectivity index (χ1n) is 13.0. The molecule has 8 atom stereocenters. The van der Waals surface area contributed by atoms with Crippen LogP contribution < -0.4 is 0 Å². The molecule has 0 radical (unpaired) electrons. The minimum absolute atomic E-state index is 0.499. The third kappa shape index (κ3) is 3.69. The molecule has 29 heavy (non-hydrogen) atoms. The molecule has 1 unspecified atom stereocenters. The van der Waals surface area contributed by atoms with E-state index in [0.717, 1.165) is 60.0 Å². The number of rotatable bonds is 5. The minimum Gasteiger partial charge on any atom is -0.411 e. The Hall–Kier alpha value is -0.530. The number of hydrogen-bond donors (Lipinski definition) is 1. The zero-order valence-electron chi connectivity index (χ0n) is 19.9. The van der Waals surface area contributed by atoms with Crippen LogP contribution in [0, 0.1) is 52.3 Å². The molecule has 4 saturated carbocycles. The van der Waals surface area contributed by atoms with Crippen LogP contribution in [0.25, 0.3) is 0 Å². The van der Waals surface area contributed by atoms with Gasteiger partial charge in [-0.1, -0.05) is 59.0 Å². The Morgan fingerprint density at radius 3 is 2.41 bits per heavy atom. The molecule has 2 heteroatoms. The molecule has 2 nitrogen and oxygen atoms in total. The van der Waals surface area contributed by atoms with E-state index < -0.39 is 0 Å². The Morgan fingerprint density at radius 2 is 1.69 bits per heavy atom. The van der Waals surface area contributed by atoms with Crippen molar-refractivity contribution in [1.82, 2.24) is 0 Å². The molecule has 0 aliphatic heterocycles. The maximum atomic E-state index is 9.32. The highest BCUT2D eigenvalue weighted by molar-refractivity contribution is 5.85. The van der Waals surface area contributed by atoms with Crippen molar-refractivity contribution in [3.8, 4) is 0 Å². The van der Waals surface area contributed by atoms with Crippen LogP contribution in [-0.2, 0) is 0 Å². The number of hydrogen-bond acceptors (Lipinski definition) is 2. The van der Waals surface area contributed by atoms with Crippen LogP contribution >= 0.6 is 0 Å². The van der Waals surface area contributed by atoms with E-state index in [-0.39, 0.29) is 0 Å². The highest BCUT2D eigenvalue weighted by Gasteiger charge is 2.60. The molecule has 4 aliphatic carbocycles. The van der Waals surface area contributed by atoms with Crippen molar-refractivity contribution in [2.24, 2.45) is 57.4 Å². The molecular formula is C27H47NO. The summed E-state index contributed by atoms with van der Waals surface area (Å²) in [4.78, 5) is 0. The van der Waals surface area contributed by atoms with Crippen molar-refractivity contribution in [2.45, 2.75) is 112 Å². The van der Waals surface area contributed by atoms with Gasteiger partial charge in [-0.25, -0.2) is 0 Å². The zero-order valence-corrected chi connectivity index (χ0v) is 19.9. The largest absolute Gasteiger partial charge is 0.411 e. The van der Waals surface area contributed by atoms with E-state index in [1.807, 2.05) is 0 Å². The lowest BCUT2D eigenvalue weighted by Crippen LogP contribution is -2.53. The van der Waals surface area contributed by atoms with Gasteiger partial charge < -0.3 is 5.21 Å². The van der Waals surface area contributed by atoms with Gasteiger partial charge in [0.05, 0.1) is 5.71 Å². The van der Waals surface area contributed by atoms with E-state index >= 15 is 0 Å². The van der Waals surface area contributed by atoms with Crippen LogP contribution in [0.15, 0.2) is 5.16 Å². The molecule has 4 fully saturated rings. The average Bonchev–Trinajstić information content (AvgIpc) is 3.04. The lowest BCUT2D eigenvalue weighted by Gasteiger charge is -2.60. The summed E-state index contributed by atoms with van der Waals surface area (Å²) >= 11 is 0. The molecular weight excluding hydrogens is 354 g/mol. The first-order chi connectivity index (χ1) is 13.8. The van der Waals surface area contributed by atoms with Crippen molar-refractivity contribution in [2.75, 3.05) is 0 Å². The van der Waals surface area contributed by atoms with Gasteiger partial charge in [-0.05, 0) is 110 Å². The van der Waals surface area contributed by atoms with Gasteiger partial charge in [0.15, 0.2) is 0 Å². The van der Waals surface area contributed by atoms with Crippen molar-refractivity contribution >= 4 is 5.71 Å². The molecule has 4 aliphatic rings. The van der Waals surface area contributed by atoms with E-state index in [4.69, 9.17) is 0 Å². The van der Waals surface area contributed by atoms with E-state index in [2.05, 4.69) is 39.8 Å². The molecule has 0 bridgehead atoms. The number of fused-ring (bicyclic) bond motifs is 5. The maximum absolute atomic E-state index is 9.32. The summed E-state index contributed by atoms with van der Waals surface area (Å²) < 4.78 is 0. The highest BCUT2D eigenvalue weighted by Crippen LogP contribution is 2.68. The van der Waals surface area contributed by atoms with E-state index in [9.17, 15) is 5.21 Å². The Balaban J connectivity index is 1.46. The molecule has 1 N–H and O–H groups in total. The Bertz CT molecular complexity index is 612. The van der Waals surface area contributed by atoms with Crippen LogP contribution in [0.2, 0.25) is 0 Å². The standard InChI is InChI=1S/C27H47NO/c1-18(2)7-6-8-19(3)23-11-12-24-22-10-9-20-17-21(28-29)13-15-26(20,4)25(22)14-16-27(23,24)5/h18-20,22-25,29H,6-17H2,1-5H3/b28-21-/t19-,20?,22+,23-,24+,25+,26+,27-/m1/s1.